The quantitative estimate of drug-likeness (QED) is 0.912. The number of nitrogens with zero attached hydrogens (tertiary/aromatic N) is 3. The first kappa shape index (κ1) is 16.1. The van der Waals surface area contributed by atoms with E-state index in [0.29, 0.717) is 21.5 Å². The topological polar surface area (TPSA) is 52.0 Å². The van der Waals surface area contributed by atoms with Crippen LogP contribution in [0.15, 0.2) is 18.5 Å². The van der Waals surface area contributed by atoms with Gasteiger partial charge in [0.15, 0.2) is 5.75 Å². The lowest BCUT2D eigenvalue weighted by Gasteiger charge is -2.21. The van der Waals surface area contributed by atoms with Crippen molar-refractivity contribution in [3.8, 4) is 5.75 Å². The molecule has 2 heterocycles. The molecular formula is C14H18Cl2N4O. The Morgan fingerprint density at radius 1 is 1.29 bits per heavy atom. The number of nitrogens with one attached hydrogen (secondary N) is 1. The maximum absolute atomic E-state index is 6.29. The second-order valence-electron chi connectivity index (χ2n) is 4.88. The van der Waals surface area contributed by atoms with Gasteiger partial charge in [-0.2, -0.15) is 5.10 Å². The molecule has 1 N–H and O–H groups in total. The molecule has 21 heavy (non-hydrogen) atoms. The molecule has 2 aromatic rings. The highest BCUT2D eigenvalue weighted by atomic mass is 35.5. The van der Waals surface area contributed by atoms with Crippen molar-refractivity contribution < 1.29 is 4.74 Å². The van der Waals surface area contributed by atoms with Gasteiger partial charge in [0.25, 0.3) is 0 Å². The Hall–Kier alpha value is -1.30. The molecule has 0 fully saturated rings. The van der Waals surface area contributed by atoms with E-state index in [-0.39, 0.29) is 12.1 Å². The zero-order chi connectivity index (χ0) is 15.6. The summed E-state index contributed by atoms with van der Waals surface area (Å²) < 4.78 is 7.32. The Kier molecular flexibility index (Phi) is 5.08. The van der Waals surface area contributed by atoms with E-state index in [0.717, 1.165) is 5.69 Å². The lowest BCUT2D eigenvalue weighted by atomic mass is 10.1. The molecule has 2 aromatic heterocycles. The van der Waals surface area contributed by atoms with Gasteiger partial charge in [0.05, 0.1) is 35.1 Å². The van der Waals surface area contributed by atoms with Crippen LogP contribution in [0, 0.1) is 0 Å². The molecule has 1 atom stereocenters. The Morgan fingerprint density at radius 2 is 2.00 bits per heavy atom. The Balaban J connectivity index is 2.58. The third kappa shape index (κ3) is 3.15. The van der Waals surface area contributed by atoms with Crippen LogP contribution in [0.25, 0.3) is 0 Å². The van der Waals surface area contributed by atoms with E-state index in [4.69, 9.17) is 27.9 Å². The molecule has 0 bridgehead atoms. The monoisotopic (exact) mass is 328 g/mol. The third-order valence-electron chi connectivity index (χ3n) is 3.18. The van der Waals surface area contributed by atoms with Gasteiger partial charge in [0.1, 0.15) is 5.69 Å². The van der Waals surface area contributed by atoms with Crippen LogP contribution in [0.5, 0.6) is 5.75 Å². The van der Waals surface area contributed by atoms with Crippen molar-refractivity contribution in [2.75, 3.05) is 14.2 Å². The van der Waals surface area contributed by atoms with Crippen LogP contribution in [0.4, 0.5) is 0 Å². The Labute approximate surface area is 134 Å². The smallest absolute Gasteiger partial charge is 0.162 e. The molecule has 0 saturated heterocycles. The molecule has 0 aliphatic rings. The fourth-order valence-electron chi connectivity index (χ4n) is 2.24. The molecule has 2 rings (SSSR count). The van der Waals surface area contributed by atoms with Crippen molar-refractivity contribution in [1.82, 2.24) is 20.1 Å². The summed E-state index contributed by atoms with van der Waals surface area (Å²) in [4.78, 5) is 4.36. The molecule has 0 aliphatic carbocycles. The van der Waals surface area contributed by atoms with Gasteiger partial charge in [-0.25, -0.2) is 0 Å². The van der Waals surface area contributed by atoms with Gasteiger partial charge in [0.2, 0.25) is 0 Å². The maximum atomic E-state index is 6.29. The highest BCUT2D eigenvalue weighted by Gasteiger charge is 2.26. The van der Waals surface area contributed by atoms with Crippen molar-refractivity contribution >= 4 is 23.2 Å². The Morgan fingerprint density at radius 3 is 2.52 bits per heavy atom. The third-order valence-corrected chi connectivity index (χ3v) is 3.69. The molecule has 1 unspecified atom stereocenters. The Bertz CT molecular complexity index is 627. The van der Waals surface area contributed by atoms with Crippen molar-refractivity contribution in [2.45, 2.75) is 25.9 Å². The minimum atomic E-state index is -0.241. The van der Waals surface area contributed by atoms with Crippen molar-refractivity contribution in [2.24, 2.45) is 0 Å². The summed E-state index contributed by atoms with van der Waals surface area (Å²) in [6.07, 6.45) is 3.28. The van der Waals surface area contributed by atoms with Gasteiger partial charge in [-0.15, -0.1) is 0 Å². The van der Waals surface area contributed by atoms with Gasteiger partial charge in [0, 0.05) is 12.2 Å². The first-order chi connectivity index (χ1) is 9.99. The van der Waals surface area contributed by atoms with Crippen LogP contribution in [-0.2, 0) is 0 Å². The SMILES string of the molecule is CNC(c1ncc(Cl)cc1Cl)c1c(OC)cnn1C(C)C. The summed E-state index contributed by atoms with van der Waals surface area (Å²) >= 11 is 12.2. The number of halogens is 2. The minimum absolute atomic E-state index is 0.186. The molecule has 0 saturated carbocycles. The summed E-state index contributed by atoms with van der Waals surface area (Å²) in [5.74, 6) is 0.691. The van der Waals surface area contributed by atoms with Crippen molar-refractivity contribution in [3.05, 3.63) is 39.9 Å². The van der Waals surface area contributed by atoms with Crippen LogP contribution in [0.1, 0.15) is 37.3 Å². The summed E-state index contributed by atoms with van der Waals surface area (Å²) in [7, 11) is 3.46. The molecule has 0 aromatic carbocycles. The summed E-state index contributed by atoms with van der Waals surface area (Å²) in [5.41, 5.74) is 1.57. The number of methoxy groups -OCH3 is 1. The van der Waals surface area contributed by atoms with E-state index >= 15 is 0 Å². The molecular weight excluding hydrogens is 311 g/mol. The van der Waals surface area contributed by atoms with E-state index < -0.39 is 0 Å². The van der Waals surface area contributed by atoms with Crippen molar-refractivity contribution in [3.63, 3.8) is 0 Å². The normalized spacial score (nSPS) is 12.7. The minimum Gasteiger partial charge on any atom is -0.493 e. The highest BCUT2D eigenvalue weighted by molar-refractivity contribution is 6.34. The van der Waals surface area contributed by atoms with Gasteiger partial charge in [-0.3, -0.25) is 9.67 Å². The number of ether oxygens (including phenoxy) is 1. The van der Waals surface area contributed by atoms with E-state index in [1.54, 1.807) is 25.6 Å². The first-order valence-corrected chi connectivity index (χ1v) is 7.34. The number of hydrogen-bond donors (Lipinski definition) is 1. The summed E-state index contributed by atoms with van der Waals surface area (Å²) in [5, 5.41) is 8.61. The van der Waals surface area contributed by atoms with E-state index in [2.05, 4.69) is 29.2 Å². The molecule has 0 amide bonds. The number of rotatable bonds is 5. The lowest BCUT2D eigenvalue weighted by molar-refractivity contribution is 0.395. The number of aromatic nitrogens is 3. The number of hydrogen-bond acceptors (Lipinski definition) is 4. The van der Waals surface area contributed by atoms with Gasteiger partial charge in [-0.1, -0.05) is 23.2 Å². The number of pyridine rings is 1. The van der Waals surface area contributed by atoms with E-state index in [1.165, 1.54) is 0 Å². The summed E-state index contributed by atoms with van der Waals surface area (Å²) in [6.45, 7) is 4.11. The fraction of sp³-hybridized carbons (Fsp3) is 0.429. The van der Waals surface area contributed by atoms with Crippen LogP contribution in [0.3, 0.4) is 0 Å². The standard InChI is InChI=1S/C14H18Cl2N4O/c1-8(2)20-14(11(21-4)7-19-20)13(17-3)12-10(16)5-9(15)6-18-12/h5-8,13,17H,1-4H3. The zero-order valence-corrected chi connectivity index (χ0v) is 13.9. The average molecular weight is 329 g/mol. The first-order valence-electron chi connectivity index (χ1n) is 6.59. The predicted molar refractivity (Wildman–Crippen MR) is 84.3 cm³/mol. The fourth-order valence-corrected chi connectivity index (χ4v) is 2.73. The summed E-state index contributed by atoms with van der Waals surface area (Å²) in [6, 6.07) is 1.62. The zero-order valence-electron chi connectivity index (χ0n) is 12.4. The van der Waals surface area contributed by atoms with Crippen LogP contribution >= 0.6 is 23.2 Å². The molecule has 0 aliphatic heterocycles. The van der Waals surface area contributed by atoms with Crippen LogP contribution in [-0.4, -0.2) is 28.9 Å². The lowest BCUT2D eigenvalue weighted by Crippen LogP contribution is -2.24. The molecule has 0 spiro atoms. The largest absolute Gasteiger partial charge is 0.493 e. The highest BCUT2D eigenvalue weighted by Crippen LogP contribution is 2.34. The van der Waals surface area contributed by atoms with Crippen LogP contribution < -0.4 is 10.1 Å². The average Bonchev–Trinajstić information content (AvgIpc) is 2.86. The van der Waals surface area contributed by atoms with Crippen LogP contribution in [0.2, 0.25) is 10.0 Å². The van der Waals surface area contributed by atoms with Gasteiger partial charge < -0.3 is 10.1 Å². The molecule has 114 valence electrons. The molecule has 5 nitrogen and oxygen atoms in total. The van der Waals surface area contributed by atoms with Gasteiger partial charge in [-0.05, 0) is 27.0 Å². The maximum Gasteiger partial charge on any atom is 0.162 e. The molecule has 7 heteroatoms. The molecule has 0 radical (unpaired) electrons. The predicted octanol–water partition coefficient (Wildman–Crippen LogP) is 3.48. The van der Waals surface area contributed by atoms with Gasteiger partial charge >= 0.3 is 0 Å². The second-order valence-corrected chi connectivity index (χ2v) is 5.72. The van der Waals surface area contributed by atoms with Crippen molar-refractivity contribution in [1.29, 1.82) is 0 Å². The van der Waals surface area contributed by atoms with E-state index in [1.807, 2.05) is 11.7 Å². The second kappa shape index (κ2) is 6.64. The van der Waals surface area contributed by atoms with E-state index in [9.17, 15) is 0 Å².